The highest BCUT2D eigenvalue weighted by Crippen LogP contribution is 2.30. The fraction of sp³-hybridized carbons (Fsp3) is 0.409. The van der Waals surface area contributed by atoms with Crippen LogP contribution in [0.3, 0.4) is 0 Å². The Morgan fingerprint density at radius 2 is 1.81 bits per heavy atom. The lowest BCUT2D eigenvalue weighted by Gasteiger charge is -2.17. The van der Waals surface area contributed by atoms with Gasteiger partial charge in [-0.1, -0.05) is 30.7 Å². The standard InChI is InChI=1S/C22H25ClF3N5O/c1-6-18(31-14(4)19(23)12(2)29-31)21(32)27-20-13(3)28-30(15(20)5)11-16-8-7-9-17(10-16)22(24,25)26/h7-10,18H,6,11H2,1-5H3,(H,27,32). The predicted molar refractivity (Wildman–Crippen MR) is 117 cm³/mol. The van der Waals surface area contributed by atoms with E-state index in [0.717, 1.165) is 12.1 Å². The molecule has 3 aromatic rings. The molecule has 3 rings (SSSR count). The smallest absolute Gasteiger partial charge is 0.321 e. The fourth-order valence-electron chi connectivity index (χ4n) is 3.67. The first kappa shape index (κ1) is 23.8. The van der Waals surface area contributed by atoms with Crippen molar-refractivity contribution in [1.29, 1.82) is 0 Å². The van der Waals surface area contributed by atoms with Crippen LogP contribution in [0.5, 0.6) is 0 Å². The Hall–Kier alpha value is -2.81. The lowest BCUT2D eigenvalue weighted by Crippen LogP contribution is -2.27. The van der Waals surface area contributed by atoms with Gasteiger partial charge < -0.3 is 5.32 Å². The van der Waals surface area contributed by atoms with Gasteiger partial charge >= 0.3 is 6.18 Å². The van der Waals surface area contributed by atoms with Crippen LogP contribution in [-0.4, -0.2) is 25.5 Å². The van der Waals surface area contributed by atoms with Gasteiger partial charge in [0.25, 0.3) is 0 Å². The van der Waals surface area contributed by atoms with E-state index >= 15 is 0 Å². The maximum absolute atomic E-state index is 13.1. The molecule has 6 nitrogen and oxygen atoms in total. The molecular weight excluding hydrogens is 443 g/mol. The molecule has 32 heavy (non-hydrogen) atoms. The van der Waals surface area contributed by atoms with E-state index in [-0.39, 0.29) is 12.5 Å². The second-order valence-electron chi connectivity index (χ2n) is 7.74. The summed E-state index contributed by atoms with van der Waals surface area (Å²) in [5.74, 6) is -0.264. The van der Waals surface area contributed by atoms with Gasteiger partial charge in [-0.2, -0.15) is 23.4 Å². The van der Waals surface area contributed by atoms with Gasteiger partial charge in [0, 0.05) is 0 Å². The largest absolute Gasteiger partial charge is 0.416 e. The van der Waals surface area contributed by atoms with Crippen molar-refractivity contribution in [1.82, 2.24) is 19.6 Å². The van der Waals surface area contributed by atoms with Crippen molar-refractivity contribution in [2.75, 3.05) is 5.32 Å². The summed E-state index contributed by atoms with van der Waals surface area (Å²) in [5, 5.41) is 12.3. The molecule has 1 atom stereocenters. The summed E-state index contributed by atoms with van der Waals surface area (Å²) >= 11 is 6.24. The quantitative estimate of drug-likeness (QED) is 0.511. The van der Waals surface area contributed by atoms with Crippen LogP contribution in [0.4, 0.5) is 18.9 Å². The molecular formula is C22H25ClF3N5O. The van der Waals surface area contributed by atoms with Crippen LogP contribution in [0.1, 0.15) is 53.3 Å². The first-order valence-corrected chi connectivity index (χ1v) is 10.5. The molecule has 172 valence electrons. The van der Waals surface area contributed by atoms with Crippen molar-refractivity contribution in [2.45, 2.75) is 59.8 Å². The predicted octanol–water partition coefficient (Wildman–Crippen LogP) is 5.62. The molecule has 0 aliphatic carbocycles. The van der Waals surface area contributed by atoms with E-state index in [9.17, 15) is 18.0 Å². The summed E-state index contributed by atoms with van der Waals surface area (Å²) in [7, 11) is 0. The van der Waals surface area contributed by atoms with E-state index in [1.807, 2.05) is 13.8 Å². The van der Waals surface area contributed by atoms with Gasteiger partial charge in [0.15, 0.2) is 0 Å². The van der Waals surface area contributed by atoms with Crippen molar-refractivity contribution >= 4 is 23.2 Å². The third-order valence-electron chi connectivity index (χ3n) is 5.44. The number of benzene rings is 1. The first-order chi connectivity index (χ1) is 14.9. The van der Waals surface area contributed by atoms with E-state index in [4.69, 9.17) is 11.6 Å². The summed E-state index contributed by atoms with van der Waals surface area (Å²) in [5.41, 5.74) is 2.87. The van der Waals surface area contributed by atoms with Crippen molar-refractivity contribution in [3.05, 3.63) is 63.2 Å². The van der Waals surface area contributed by atoms with Gasteiger partial charge in [0.2, 0.25) is 5.91 Å². The maximum atomic E-state index is 13.1. The van der Waals surface area contributed by atoms with Crippen molar-refractivity contribution in [3.8, 4) is 0 Å². The number of nitrogens with zero attached hydrogens (tertiary/aromatic N) is 4. The van der Waals surface area contributed by atoms with E-state index < -0.39 is 17.8 Å². The molecule has 0 aliphatic rings. The van der Waals surface area contributed by atoms with E-state index in [1.165, 1.54) is 6.07 Å². The number of carbonyl (C=O) groups is 1. The minimum Gasteiger partial charge on any atom is -0.321 e. The number of alkyl halides is 3. The lowest BCUT2D eigenvalue weighted by molar-refractivity contribution is -0.137. The van der Waals surface area contributed by atoms with Gasteiger partial charge in [-0.25, -0.2) is 0 Å². The number of hydrogen-bond donors (Lipinski definition) is 1. The van der Waals surface area contributed by atoms with E-state index in [1.54, 1.807) is 36.2 Å². The third-order valence-corrected chi connectivity index (χ3v) is 5.98. The normalized spacial score (nSPS) is 12.8. The number of anilines is 1. The van der Waals surface area contributed by atoms with Crippen LogP contribution in [0, 0.1) is 27.7 Å². The summed E-state index contributed by atoms with van der Waals surface area (Å²) in [6.07, 6.45) is -3.91. The van der Waals surface area contributed by atoms with Crippen molar-refractivity contribution < 1.29 is 18.0 Å². The number of nitrogens with one attached hydrogen (secondary N) is 1. The van der Waals surface area contributed by atoms with Gasteiger partial charge in [-0.15, -0.1) is 0 Å². The van der Waals surface area contributed by atoms with Gasteiger partial charge in [0.1, 0.15) is 6.04 Å². The second kappa shape index (κ2) is 8.97. The molecule has 0 saturated carbocycles. The molecule has 1 N–H and O–H groups in total. The number of hydrogen-bond acceptors (Lipinski definition) is 3. The zero-order chi connectivity index (χ0) is 23.8. The Bertz CT molecular complexity index is 1150. The summed E-state index contributed by atoms with van der Waals surface area (Å²) < 4.78 is 42.2. The molecule has 1 unspecified atom stereocenters. The molecule has 0 bridgehead atoms. The average Bonchev–Trinajstić information content (AvgIpc) is 3.13. The fourth-order valence-corrected chi connectivity index (χ4v) is 3.80. The molecule has 1 amide bonds. The minimum absolute atomic E-state index is 0.150. The summed E-state index contributed by atoms with van der Waals surface area (Å²) in [6, 6.07) is 4.56. The molecule has 0 radical (unpaired) electrons. The molecule has 0 aliphatic heterocycles. The Morgan fingerprint density at radius 1 is 1.12 bits per heavy atom. The van der Waals surface area contributed by atoms with E-state index in [2.05, 4.69) is 15.5 Å². The zero-order valence-electron chi connectivity index (χ0n) is 18.5. The van der Waals surface area contributed by atoms with Crippen LogP contribution in [0.25, 0.3) is 0 Å². The molecule has 1 aromatic carbocycles. The van der Waals surface area contributed by atoms with Gasteiger partial charge in [0.05, 0.1) is 45.6 Å². The van der Waals surface area contributed by atoms with Crippen LogP contribution >= 0.6 is 11.6 Å². The van der Waals surface area contributed by atoms with Gasteiger partial charge in [-0.3, -0.25) is 14.2 Å². The molecule has 2 aromatic heterocycles. The molecule has 2 heterocycles. The number of carbonyl (C=O) groups excluding carboxylic acids is 1. The molecule has 0 spiro atoms. The maximum Gasteiger partial charge on any atom is 0.416 e. The number of aromatic nitrogens is 4. The Labute approximate surface area is 189 Å². The Kier molecular flexibility index (Phi) is 6.69. The number of amides is 1. The lowest BCUT2D eigenvalue weighted by atomic mass is 10.1. The number of halogens is 4. The van der Waals surface area contributed by atoms with Crippen molar-refractivity contribution in [2.24, 2.45) is 0 Å². The zero-order valence-corrected chi connectivity index (χ0v) is 19.3. The highest BCUT2D eigenvalue weighted by atomic mass is 35.5. The minimum atomic E-state index is -4.41. The summed E-state index contributed by atoms with van der Waals surface area (Å²) in [6.45, 7) is 9.13. The number of rotatable bonds is 6. The molecule has 0 fully saturated rings. The molecule has 0 saturated heterocycles. The number of aryl methyl sites for hydroxylation is 2. The first-order valence-electron chi connectivity index (χ1n) is 10.2. The van der Waals surface area contributed by atoms with E-state index in [0.29, 0.717) is 45.5 Å². The second-order valence-corrected chi connectivity index (χ2v) is 8.12. The van der Waals surface area contributed by atoms with Crippen LogP contribution in [0.15, 0.2) is 24.3 Å². The third kappa shape index (κ3) is 4.67. The Morgan fingerprint density at radius 3 is 2.38 bits per heavy atom. The summed E-state index contributed by atoms with van der Waals surface area (Å²) in [4.78, 5) is 13.1. The highest BCUT2D eigenvalue weighted by Gasteiger charge is 2.30. The monoisotopic (exact) mass is 467 g/mol. The highest BCUT2D eigenvalue weighted by molar-refractivity contribution is 6.31. The molecule has 10 heteroatoms. The topological polar surface area (TPSA) is 64.7 Å². The van der Waals surface area contributed by atoms with Gasteiger partial charge in [-0.05, 0) is 51.8 Å². The van der Waals surface area contributed by atoms with Crippen LogP contribution in [-0.2, 0) is 17.5 Å². The average molecular weight is 468 g/mol. The Balaban J connectivity index is 1.84. The van der Waals surface area contributed by atoms with Crippen LogP contribution in [0.2, 0.25) is 5.02 Å². The SMILES string of the molecule is CCC(C(=O)Nc1c(C)nn(Cc2cccc(C(F)(F)F)c2)c1C)n1nc(C)c(Cl)c1C. The van der Waals surface area contributed by atoms with Crippen LogP contribution < -0.4 is 5.32 Å². The van der Waals surface area contributed by atoms with Crippen molar-refractivity contribution in [3.63, 3.8) is 0 Å².